The summed E-state index contributed by atoms with van der Waals surface area (Å²) in [5.74, 6) is 0.459. The molecule has 4 rings (SSSR count). The molecule has 8 heteroatoms. The molecule has 0 aliphatic rings. The van der Waals surface area contributed by atoms with Gasteiger partial charge in [-0.25, -0.2) is 9.97 Å². The number of hydrogen-bond donors (Lipinski definition) is 3. The zero-order valence-corrected chi connectivity index (χ0v) is 15.2. The third-order valence-corrected chi connectivity index (χ3v) is 4.87. The maximum atomic E-state index is 10.6. The zero-order valence-electron chi connectivity index (χ0n) is 14.4. The van der Waals surface area contributed by atoms with E-state index >= 15 is 0 Å². The van der Waals surface area contributed by atoms with Gasteiger partial charge >= 0.3 is 0 Å². The minimum atomic E-state index is -0.924. The fourth-order valence-electron chi connectivity index (χ4n) is 2.62. The topological polar surface area (TPSA) is 95.8 Å². The van der Waals surface area contributed by atoms with E-state index in [9.17, 15) is 5.11 Å². The average molecular weight is 378 g/mol. The number of rotatable bonds is 7. The number of pyridine rings is 2. The van der Waals surface area contributed by atoms with Gasteiger partial charge in [-0.05, 0) is 35.7 Å². The van der Waals surface area contributed by atoms with Gasteiger partial charge in [0.2, 0.25) is 5.95 Å². The van der Waals surface area contributed by atoms with Crippen molar-refractivity contribution in [2.24, 2.45) is 0 Å². The van der Waals surface area contributed by atoms with E-state index in [4.69, 9.17) is 0 Å². The third-order valence-electron chi connectivity index (χ3n) is 3.95. The Labute approximate surface area is 160 Å². The Kier molecular flexibility index (Phi) is 5.29. The minimum Gasteiger partial charge on any atom is -0.373 e. The van der Waals surface area contributed by atoms with E-state index in [1.807, 2.05) is 47.8 Å². The molecule has 27 heavy (non-hydrogen) atoms. The van der Waals surface area contributed by atoms with Gasteiger partial charge in [-0.1, -0.05) is 12.1 Å². The van der Waals surface area contributed by atoms with E-state index in [0.29, 0.717) is 24.7 Å². The zero-order chi connectivity index (χ0) is 18.5. The number of hydrogen-bond acceptors (Lipinski definition) is 8. The molecule has 0 amide bonds. The van der Waals surface area contributed by atoms with Crippen molar-refractivity contribution in [3.8, 4) is 0 Å². The summed E-state index contributed by atoms with van der Waals surface area (Å²) in [6.45, 7) is 0.947. The van der Waals surface area contributed by atoms with E-state index in [-0.39, 0.29) is 0 Å². The fourth-order valence-corrected chi connectivity index (χ4v) is 3.47. The molecule has 1 unspecified atom stereocenters. The van der Waals surface area contributed by atoms with Gasteiger partial charge < -0.3 is 10.4 Å². The van der Waals surface area contributed by atoms with Crippen LogP contribution in [0.2, 0.25) is 0 Å². The van der Waals surface area contributed by atoms with E-state index < -0.39 is 6.23 Å². The molecule has 3 N–H and O–H groups in total. The van der Waals surface area contributed by atoms with Crippen LogP contribution in [0.25, 0.3) is 10.2 Å². The summed E-state index contributed by atoms with van der Waals surface area (Å²) in [4.78, 5) is 17.6. The first-order valence-corrected chi connectivity index (χ1v) is 9.38. The first kappa shape index (κ1) is 17.5. The molecule has 0 saturated heterocycles. The van der Waals surface area contributed by atoms with Crippen LogP contribution in [-0.4, -0.2) is 25.0 Å². The summed E-state index contributed by atoms with van der Waals surface area (Å²) in [5, 5.41) is 18.8. The number of aliphatic hydroxyl groups excluding tert-OH is 1. The second kappa shape index (κ2) is 8.17. The van der Waals surface area contributed by atoms with Crippen molar-refractivity contribution < 1.29 is 5.11 Å². The van der Waals surface area contributed by atoms with Gasteiger partial charge in [-0.2, -0.15) is 0 Å². The van der Waals surface area contributed by atoms with Gasteiger partial charge in [0, 0.05) is 18.9 Å². The summed E-state index contributed by atoms with van der Waals surface area (Å²) in [6.07, 6.45) is 2.55. The molecule has 136 valence electrons. The Hall–Kier alpha value is -2.94. The van der Waals surface area contributed by atoms with Gasteiger partial charge in [-0.15, -0.1) is 11.3 Å². The van der Waals surface area contributed by atoms with Crippen molar-refractivity contribution >= 4 is 27.5 Å². The number of fused-ring (bicyclic) bond motifs is 1. The lowest BCUT2D eigenvalue weighted by atomic mass is 10.3. The molecule has 0 aliphatic carbocycles. The predicted octanol–water partition coefficient (Wildman–Crippen LogP) is 2.87. The molecule has 4 heterocycles. The van der Waals surface area contributed by atoms with Crippen LogP contribution < -0.4 is 10.6 Å². The highest BCUT2D eigenvalue weighted by Crippen LogP contribution is 2.27. The van der Waals surface area contributed by atoms with Crippen LogP contribution in [0.5, 0.6) is 0 Å². The molecule has 4 aromatic rings. The molecule has 0 bridgehead atoms. The van der Waals surface area contributed by atoms with Crippen molar-refractivity contribution in [3.63, 3.8) is 0 Å². The summed E-state index contributed by atoms with van der Waals surface area (Å²) in [7, 11) is 0. The molecule has 7 nitrogen and oxygen atoms in total. The molecule has 0 aromatic carbocycles. The van der Waals surface area contributed by atoms with Gasteiger partial charge in [0.15, 0.2) is 0 Å². The SMILES string of the molecule is OC(NCc1ccccn1)c1nc(NCc2ccccn2)nc2ccsc12. The Morgan fingerprint density at radius 2 is 1.67 bits per heavy atom. The summed E-state index contributed by atoms with van der Waals surface area (Å²) >= 11 is 1.51. The maximum Gasteiger partial charge on any atom is 0.224 e. The maximum absolute atomic E-state index is 10.6. The number of thiophene rings is 1. The van der Waals surface area contributed by atoms with Crippen LogP contribution in [0.15, 0.2) is 60.2 Å². The summed E-state index contributed by atoms with van der Waals surface area (Å²) < 4.78 is 0.861. The van der Waals surface area contributed by atoms with E-state index in [1.54, 1.807) is 12.4 Å². The Balaban J connectivity index is 1.53. The fraction of sp³-hybridized carbons (Fsp3) is 0.158. The smallest absolute Gasteiger partial charge is 0.224 e. The molecule has 1 atom stereocenters. The minimum absolute atomic E-state index is 0.440. The van der Waals surface area contributed by atoms with Crippen molar-refractivity contribution in [2.45, 2.75) is 19.3 Å². The summed E-state index contributed by atoms with van der Waals surface area (Å²) in [6, 6.07) is 13.3. The highest BCUT2D eigenvalue weighted by Gasteiger charge is 2.16. The molecule has 4 aromatic heterocycles. The normalized spacial score (nSPS) is 12.2. The highest BCUT2D eigenvalue weighted by atomic mass is 32.1. The molecule has 0 spiro atoms. The molecule has 0 fully saturated rings. The second-order valence-electron chi connectivity index (χ2n) is 5.85. The van der Waals surface area contributed by atoms with Crippen LogP contribution >= 0.6 is 11.3 Å². The average Bonchev–Trinajstić information content (AvgIpc) is 3.20. The van der Waals surface area contributed by atoms with Crippen LogP contribution in [-0.2, 0) is 13.1 Å². The van der Waals surface area contributed by atoms with Gasteiger partial charge in [0.1, 0.15) is 11.9 Å². The van der Waals surface area contributed by atoms with Crippen LogP contribution in [0.4, 0.5) is 5.95 Å². The molecular weight excluding hydrogens is 360 g/mol. The quantitative estimate of drug-likeness (QED) is 0.426. The number of nitrogens with one attached hydrogen (secondary N) is 2. The van der Waals surface area contributed by atoms with Crippen LogP contribution in [0.1, 0.15) is 23.3 Å². The molecule has 0 aliphatic heterocycles. The third kappa shape index (κ3) is 4.25. The van der Waals surface area contributed by atoms with Crippen molar-refractivity contribution in [2.75, 3.05) is 5.32 Å². The Morgan fingerprint density at radius 3 is 2.37 bits per heavy atom. The summed E-state index contributed by atoms with van der Waals surface area (Å²) in [5.41, 5.74) is 3.09. The van der Waals surface area contributed by atoms with Gasteiger partial charge in [0.05, 0.1) is 28.1 Å². The Bertz CT molecular complexity index is 1010. The van der Waals surface area contributed by atoms with Crippen molar-refractivity contribution in [1.29, 1.82) is 0 Å². The lowest BCUT2D eigenvalue weighted by Crippen LogP contribution is -2.22. The monoisotopic (exact) mass is 378 g/mol. The standard InChI is InChI=1S/C19H18N6OS/c26-18(22-11-13-5-1-3-8-20-13)16-17-15(7-10-27-17)24-19(25-16)23-12-14-6-2-4-9-21-14/h1-10,18,22,26H,11-12H2,(H,23,24,25). The van der Waals surface area contributed by atoms with E-state index in [1.165, 1.54) is 11.3 Å². The highest BCUT2D eigenvalue weighted by molar-refractivity contribution is 7.17. The number of aromatic nitrogens is 4. The Morgan fingerprint density at radius 1 is 0.926 bits per heavy atom. The van der Waals surface area contributed by atoms with E-state index in [0.717, 1.165) is 21.6 Å². The van der Waals surface area contributed by atoms with Crippen LogP contribution in [0, 0.1) is 0 Å². The second-order valence-corrected chi connectivity index (χ2v) is 6.76. The van der Waals surface area contributed by atoms with Gasteiger partial charge in [-0.3, -0.25) is 15.3 Å². The first-order valence-electron chi connectivity index (χ1n) is 8.50. The lowest BCUT2D eigenvalue weighted by molar-refractivity contribution is 0.134. The molecule has 0 radical (unpaired) electrons. The number of nitrogens with zero attached hydrogens (tertiary/aromatic N) is 4. The van der Waals surface area contributed by atoms with Crippen molar-refractivity contribution in [1.82, 2.24) is 25.3 Å². The van der Waals surface area contributed by atoms with Gasteiger partial charge in [0.25, 0.3) is 0 Å². The first-order chi connectivity index (χ1) is 13.3. The largest absolute Gasteiger partial charge is 0.373 e. The number of anilines is 1. The predicted molar refractivity (Wildman–Crippen MR) is 105 cm³/mol. The number of aliphatic hydroxyl groups is 1. The van der Waals surface area contributed by atoms with E-state index in [2.05, 4.69) is 30.6 Å². The lowest BCUT2D eigenvalue weighted by Gasteiger charge is -2.14. The molecule has 0 saturated carbocycles. The van der Waals surface area contributed by atoms with Crippen LogP contribution in [0.3, 0.4) is 0 Å². The van der Waals surface area contributed by atoms with Crippen molar-refractivity contribution in [3.05, 3.63) is 77.3 Å². The molecular formula is C19H18N6OS.